The molecule has 0 unspecified atom stereocenters. The summed E-state index contributed by atoms with van der Waals surface area (Å²) < 4.78 is 0. The largest absolute Gasteiger partial charge is 0.310 e. The molecule has 2 rings (SSSR count). The lowest BCUT2D eigenvalue weighted by atomic mass is 9.78. The Morgan fingerprint density at radius 2 is 1.82 bits per heavy atom. The minimum atomic E-state index is 0.708. The fourth-order valence-corrected chi connectivity index (χ4v) is 2.82. The van der Waals surface area contributed by atoms with E-state index in [4.69, 9.17) is 0 Å². The lowest BCUT2D eigenvalue weighted by molar-refractivity contribution is 0.206. The molecule has 1 fully saturated rings. The van der Waals surface area contributed by atoms with Gasteiger partial charge in [-0.25, -0.2) is 0 Å². The monoisotopic (exact) mass is 231 g/mol. The molecule has 1 aromatic rings. The molecule has 0 bridgehead atoms. The number of hydrogen-bond donors (Lipinski definition) is 1. The zero-order chi connectivity index (χ0) is 12.3. The van der Waals surface area contributed by atoms with E-state index in [0.717, 1.165) is 18.4 Å². The number of nitrogens with one attached hydrogen (secondary N) is 1. The zero-order valence-corrected chi connectivity index (χ0v) is 11.4. The van der Waals surface area contributed by atoms with Gasteiger partial charge in [0, 0.05) is 12.6 Å². The first-order valence-corrected chi connectivity index (χ1v) is 6.96. The van der Waals surface area contributed by atoms with E-state index < -0.39 is 0 Å². The zero-order valence-electron chi connectivity index (χ0n) is 11.4. The molecule has 1 N–H and O–H groups in total. The van der Waals surface area contributed by atoms with Crippen LogP contribution in [-0.2, 0) is 6.54 Å². The second-order valence-electron chi connectivity index (χ2n) is 5.74. The van der Waals surface area contributed by atoms with E-state index in [1.807, 2.05) is 0 Å². The van der Waals surface area contributed by atoms with Crippen LogP contribution in [0.1, 0.15) is 44.2 Å². The Labute approximate surface area is 106 Å². The Kier molecular flexibility index (Phi) is 4.22. The third-order valence-electron chi connectivity index (χ3n) is 4.40. The van der Waals surface area contributed by atoms with Crippen molar-refractivity contribution >= 4 is 0 Å². The quantitative estimate of drug-likeness (QED) is 0.831. The van der Waals surface area contributed by atoms with Crippen molar-refractivity contribution in [2.75, 3.05) is 0 Å². The summed E-state index contributed by atoms with van der Waals surface area (Å²) in [7, 11) is 0. The van der Waals surface area contributed by atoms with Crippen LogP contribution in [-0.4, -0.2) is 6.04 Å². The smallest absolute Gasteiger partial charge is 0.0208 e. The van der Waals surface area contributed by atoms with Crippen LogP contribution in [0.25, 0.3) is 0 Å². The van der Waals surface area contributed by atoms with Crippen LogP contribution in [0, 0.1) is 18.8 Å². The molecule has 0 aromatic heterocycles. The molecule has 1 aliphatic carbocycles. The molecule has 1 heteroatoms. The summed E-state index contributed by atoms with van der Waals surface area (Å²) in [6.45, 7) is 7.95. The van der Waals surface area contributed by atoms with Crippen molar-refractivity contribution in [2.45, 2.75) is 52.6 Å². The summed E-state index contributed by atoms with van der Waals surface area (Å²) in [6, 6.07) is 9.58. The van der Waals surface area contributed by atoms with Crippen LogP contribution in [0.3, 0.4) is 0 Å². The maximum atomic E-state index is 3.74. The van der Waals surface area contributed by atoms with Crippen molar-refractivity contribution in [1.29, 1.82) is 0 Å². The van der Waals surface area contributed by atoms with Gasteiger partial charge in [-0.3, -0.25) is 0 Å². The van der Waals surface area contributed by atoms with Crippen LogP contribution in [0.5, 0.6) is 0 Å². The summed E-state index contributed by atoms with van der Waals surface area (Å²) in [4.78, 5) is 0. The number of rotatable bonds is 3. The third kappa shape index (κ3) is 3.32. The minimum Gasteiger partial charge on any atom is -0.310 e. The van der Waals surface area contributed by atoms with Crippen molar-refractivity contribution < 1.29 is 0 Å². The van der Waals surface area contributed by atoms with Gasteiger partial charge in [0.2, 0.25) is 0 Å². The molecule has 0 radical (unpaired) electrons. The predicted octanol–water partition coefficient (Wildman–Crippen LogP) is 3.91. The van der Waals surface area contributed by atoms with E-state index in [1.54, 1.807) is 0 Å². The highest BCUT2D eigenvalue weighted by molar-refractivity contribution is 5.21. The van der Waals surface area contributed by atoms with E-state index in [9.17, 15) is 0 Å². The molecule has 0 heterocycles. The van der Waals surface area contributed by atoms with Crippen molar-refractivity contribution in [2.24, 2.45) is 11.8 Å². The molecule has 3 atom stereocenters. The lowest BCUT2D eigenvalue weighted by Gasteiger charge is -2.34. The molecule has 1 aromatic carbocycles. The van der Waals surface area contributed by atoms with Gasteiger partial charge >= 0.3 is 0 Å². The van der Waals surface area contributed by atoms with Gasteiger partial charge in [0.1, 0.15) is 0 Å². The Morgan fingerprint density at radius 1 is 1.12 bits per heavy atom. The third-order valence-corrected chi connectivity index (χ3v) is 4.40. The van der Waals surface area contributed by atoms with Gasteiger partial charge in [-0.1, -0.05) is 56.5 Å². The Balaban J connectivity index is 1.87. The standard InChI is InChI=1S/C16H25N/c1-12-7-9-15(10-8-12)11-17-16-6-4-5-13(2)14(16)3/h7-10,13-14,16-17H,4-6,11H2,1-3H3/t13-,14-,16-/m0/s1. The maximum absolute atomic E-state index is 3.74. The molecule has 0 aliphatic heterocycles. The normalized spacial score (nSPS) is 29.2. The molecule has 17 heavy (non-hydrogen) atoms. The SMILES string of the molecule is Cc1ccc(CN[C@H]2CCC[C@H](C)[C@@H]2C)cc1. The summed E-state index contributed by atoms with van der Waals surface area (Å²) in [6.07, 6.45) is 4.14. The van der Waals surface area contributed by atoms with Crippen LogP contribution >= 0.6 is 0 Å². The number of aryl methyl sites for hydroxylation is 1. The molecule has 0 amide bonds. The number of benzene rings is 1. The first kappa shape index (κ1) is 12.6. The van der Waals surface area contributed by atoms with E-state index in [-0.39, 0.29) is 0 Å². The molecule has 0 spiro atoms. The fraction of sp³-hybridized carbons (Fsp3) is 0.625. The second-order valence-corrected chi connectivity index (χ2v) is 5.74. The van der Waals surface area contributed by atoms with E-state index in [0.29, 0.717) is 6.04 Å². The highest BCUT2D eigenvalue weighted by Gasteiger charge is 2.26. The highest BCUT2D eigenvalue weighted by atomic mass is 14.9. The summed E-state index contributed by atoms with van der Waals surface area (Å²) >= 11 is 0. The second kappa shape index (κ2) is 5.68. The fourth-order valence-electron chi connectivity index (χ4n) is 2.82. The summed E-state index contributed by atoms with van der Waals surface area (Å²) in [5.74, 6) is 1.69. The van der Waals surface area contributed by atoms with Gasteiger partial charge in [0.05, 0.1) is 0 Å². The van der Waals surface area contributed by atoms with Crippen molar-refractivity contribution in [3.05, 3.63) is 35.4 Å². The molecule has 1 saturated carbocycles. The Morgan fingerprint density at radius 3 is 2.53 bits per heavy atom. The van der Waals surface area contributed by atoms with Gasteiger partial charge in [-0.15, -0.1) is 0 Å². The minimum absolute atomic E-state index is 0.708. The van der Waals surface area contributed by atoms with Crippen LogP contribution < -0.4 is 5.32 Å². The summed E-state index contributed by atoms with van der Waals surface area (Å²) in [5, 5.41) is 3.74. The van der Waals surface area contributed by atoms with Crippen molar-refractivity contribution in [1.82, 2.24) is 5.32 Å². The van der Waals surface area contributed by atoms with Gasteiger partial charge < -0.3 is 5.32 Å². The lowest BCUT2D eigenvalue weighted by Crippen LogP contribution is -2.40. The predicted molar refractivity (Wildman–Crippen MR) is 74.0 cm³/mol. The van der Waals surface area contributed by atoms with Gasteiger partial charge in [0.15, 0.2) is 0 Å². The summed E-state index contributed by atoms with van der Waals surface area (Å²) in [5.41, 5.74) is 2.74. The average molecular weight is 231 g/mol. The van der Waals surface area contributed by atoms with E-state index in [2.05, 4.69) is 50.4 Å². The van der Waals surface area contributed by atoms with Crippen LogP contribution in [0.4, 0.5) is 0 Å². The van der Waals surface area contributed by atoms with E-state index >= 15 is 0 Å². The van der Waals surface area contributed by atoms with Crippen LogP contribution in [0.2, 0.25) is 0 Å². The average Bonchev–Trinajstić information content (AvgIpc) is 2.33. The molecule has 1 aliphatic rings. The molecular formula is C16H25N. The Hall–Kier alpha value is -0.820. The van der Waals surface area contributed by atoms with Gasteiger partial charge in [-0.05, 0) is 30.7 Å². The Bertz CT molecular complexity index is 341. The first-order valence-electron chi connectivity index (χ1n) is 6.96. The van der Waals surface area contributed by atoms with Crippen LogP contribution in [0.15, 0.2) is 24.3 Å². The van der Waals surface area contributed by atoms with Gasteiger partial charge in [0.25, 0.3) is 0 Å². The highest BCUT2D eigenvalue weighted by Crippen LogP contribution is 2.29. The van der Waals surface area contributed by atoms with Gasteiger partial charge in [-0.2, -0.15) is 0 Å². The molecule has 94 valence electrons. The van der Waals surface area contributed by atoms with Crippen molar-refractivity contribution in [3.8, 4) is 0 Å². The molecule has 0 saturated heterocycles. The molecular weight excluding hydrogens is 206 g/mol. The maximum Gasteiger partial charge on any atom is 0.0208 e. The first-order chi connectivity index (χ1) is 8.16. The van der Waals surface area contributed by atoms with Crippen molar-refractivity contribution in [3.63, 3.8) is 0 Å². The number of hydrogen-bond acceptors (Lipinski definition) is 1. The topological polar surface area (TPSA) is 12.0 Å². The molecule has 1 nitrogen and oxygen atoms in total. The van der Waals surface area contributed by atoms with E-state index in [1.165, 1.54) is 30.4 Å².